The lowest BCUT2D eigenvalue weighted by molar-refractivity contribution is -0.402. The first-order valence-electron chi connectivity index (χ1n) is 10.2. The van der Waals surface area contributed by atoms with E-state index in [1.807, 2.05) is 13.8 Å². The fourth-order valence-corrected chi connectivity index (χ4v) is 2.28. The number of hydrogen-bond donors (Lipinski definition) is 2. The average Bonchev–Trinajstić information content (AvgIpc) is 3.72. The van der Waals surface area contributed by atoms with E-state index < -0.39 is 17.5 Å². The molecule has 1 aliphatic carbocycles. The Morgan fingerprint density at radius 2 is 1.72 bits per heavy atom. The Hall–Kier alpha value is -3.02. The first-order valence-corrected chi connectivity index (χ1v) is 10.2. The van der Waals surface area contributed by atoms with Gasteiger partial charge in [-0.2, -0.15) is 4.58 Å². The number of methoxy groups -OCH3 is 2. The SMILES string of the molecule is C#C.C=C.CC.CO/C(C(=O)Nc1cc(F)cc(F)c1)=C1C=[N+]/1CCN.COCC1CC1. The van der Waals surface area contributed by atoms with E-state index in [2.05, 4.69) is 31.3 Å². The van der Waals surface area contributed by atoms with Crippen molar-refractivity contribution in [3.63, 3.8) is 0 Å². The van der Waals surface area contributed by atoms with E-state index in [1.165, 1.54) is 20.0 Å². The van der Waals surface area contributed by atoms with Gasteiger partial charge in [0.25, 0.3) is 11.7 Å². The van der Waals surface area contributed by atoms with Gasteiger partial charge in [0.1, 0.15) is 11.6 Å². The van der Waals surface area contributed by atoms with Gasteiger partial charge in [0.05, 0.1) is 13.7 Å². The summed E-state index contributed by atoms with van der Waals surface area (Å²) in [5.41, 5.74) is 6.02. The van der Waals surface area contributed by atoms with E-state index in [9.17, 15) is 13.6 Å². The zero-order valence-corrected chi connectivity index (χ0v) is 19.5. The van der Waals surface area contributed by atoms with Crippen molar-refractivity contribution < 1.29 is 27.6 Å². The number of hydrogen-bond acceptors (Lipinski definition) is 4. The number of nitrogens with one attached hydrogen (secondary N) is 1. The van der Waals surface area contributed by atoms with Crippen molar-refractivity contribution in [1.29, 1.82) is 0 Å². The number of ether oxygens (including phenoxy) is 2. The highest BCUT2D eigenvalue weighted by Crippen LogP contribution is 2.28. The summed E-state index contributed by atoms with van der Waals surface area (Å²) >= 11 is 0. The molecule has 0 unspecified atom stereocenters. The predicted molar refractivity (Wildman–Crippen MR) is 126 cm³/mol. The molecule has 1 saturated carbocycles. The third-order valence-electron chi connectivity index (χ3n) is 3.75. The summed E-state index contributed by atoms with van der Waals surface area (Å²) in [7, 11) is 3.11. The summed E-state index contributed by atoms with van der Waals surface area (Å²) in [4.78, 5) is 12.0. The zero-order valence-electron chi connectivity index (χ0n) is 19.5. The van der Waals surface area contributed by atoms with Crippen molar-refractivity contribution in [2.75, 3.05) is 39.2 Å². The predicted octanol–water partition coefficient (Wildman–Crippen LogP) is 3.94. The Morgan fingerprint density at radius 1 is 1.19 bits per heavy atom. The second-order valence-corrected chi connectivity index (χ2v) is 6.04. The van der Waals surface area contributed by atoms with Crippen LogP contribution in [-0.2, 0) is 14.3 Å². The van der Waals surface area contributed by atoms with E-state index in [4.69, 9.17) is 15.2 Å². The van der Waals surface area contributed by atoms with Crippen LogP contribution in [-0.4, -0.2) is 50.6 Å². The van der Waals surface area contributed by atoms with Crippen molar-refractivity contribution in [3.8, 4) is 12.8 Å². The van der Waals surface area contributed by atoms with Gasteiger partial charge < -0.3 is 20.5 Å². The van der Waals surface area contributed by atoms with Crippen LogP contribution in [0.2, 0.25) is 0 Å². The van der Waals surface area contributed by atoms with Crippen LogP contribution in [0.25, 0.3) is 0 Å². The molecule has 0 spiro atoms. The Labute approximate surface area is 190 Å². The zero-order chi connectivity index (χ0) is 25.1. The maximum absolute atomic E-state index is 13.0. The van der Waals surface area contributed by atoms with Gasteiger partial charge in [-0.25, -0.2) is 8.78 Å². The fourth-order valence-electron chi connectivity index (χ4n) is 2.28. The van der Waals surface area contributed by atoms with Crippen molar-refractivity contribution >= 4 is 17.8 Å². The quantitative estimate of drug-likeness (QED) is 0.216. The summed E-state index contributed by atoms with van der Waals surface area (Å²) in [5, 5.41) is 2.38. The molecule has 6 nitrogen and oxygen atoms in total. The normalized spacial score (nSPS) is 14.1. The number of terminal acetylenes is 1. The molecule has 1 fully saturated rings. The molecule has 0 atom stereocenters. The van der Waals surface area contributed by atoms with Gasteiger partial charge in [0, 0.05) is 25.5 Å². The topological polar surface area (TPSA) is 76.6 Å². The van der Waals surface area contributed by atoms with Gasteiger partial charge in [0.15, 0.2) is 6.54 Å². The smallest absolute Gasteiger partial charge is 0.317 e. The Kier molecular flexibility index (Phi) is 18.2. The lowest BCUT2D eigenvalue weighted by atomic mass is 10.3. The van der Waals surface area contributed by atoms with Crippen LogP contribution in [0.4, 0.5) is 14.5 Å². The third-order valence-corrected chi connectivity index (χ3v) is 3.75. The third kappa shape index (κ3) is 12.6. The van der Waals surface area contributed by atoms with Gasteiger partial charge in [-0.3, -0.25) is 4.79 Å². The highest BCUT2D eigenvalue weighted by Gasteiger charge is 2.36. The van der Waals surface area contributed by atoms with Crippen LogP contribution in [0.5, 0.6) is 0 Å². The summed E-state index contributed by atoms with van der Waals surface area (Å²) < 4.78 is 37.7. The fraction of sp³-hybridized carbons (Fsp3) is 0.417. The first kappa shape index (κ1) is 31.2. The lowest BCUT2D eigenvalue weighted by Crippen LogP contribution is -2.18. The van der Waals surface area contributed by atoms with Gasteiger partial charge in [-0.1, -0.05) is 13.8 Å². The minimum Gasteiger partial charge on any atom is -0.486 e. The van der Waals surface area contributed by atoms with Gasteiger partial charge in [-0.15, -0.1) is 26.0 Å². The number of allylic oxidation sites excluding steroid dienone is 1. The van der Waals surface area contributed by atoms with E-state index in [0.29, 0.717) is 18.8 Å². The second kappa shape index (κ2) is 18.7. The van der Waals surface area contributed by atoms with Crippen molar-refractivity contribution in [1.82, 2.24) is 0 Å². The highest BCUT2D eigenvalue weighted by atomic mass is 19.1. The molecule has 1 aromatic rings. The lowest BCUT2D eigenvalue weighted by Gasteiger charge is -2.06. The molecule has 8 heteroatoms. The maximum atomic E-state index is 13.0. The minimum absolute atomic E-state index is 0.0219. The minimum atomic E-state index is -0.769. The van der Waals surface area contributed by atoms with E-state index in [1.54, 1.807) is 17.9 Å². The monoisotopic (exact) mass is 452 g/mol. The van der Waals surface area contributed by atoms with E-state index in [0.717, 1.165) is 30.7 Å². The van der Waals surface area contributed by atoms with Crippen molar-refractivity contribution in [2.45, 2.75) is 26.7 Å². The number of carbonyl (C=O) groups is 1. The molecule has 1 heterocycles. The molecule has 32 heavy (non-hydrogen) atoms. The summed E-state index contributed by atoms with van der Waals surface area (Å²) in [6, 6.07) is 2.77. The summed E-state index contributed by atoms with van der Waals surface area (Å²) in [6.07, 6.45) is 12.5. The molecule has 0 saturated heterocycles. The number of anilines is 1. The molecule has 1 aliphatic heterocycles. The van der Waals surface area contributed by atoms with Crippen LogP contribution in [0.1, 0.15) is 26.7 Å². The number of carbonyl (C=O) groups excluding carboxylic acids is 1. The number of halogens is 2. The number of nitrogens with zero attached hydrogens (tertiary/aromatic N) is 1. The molecule has 1 aromatic carbocycles. The number of benzene rings is 1. The maximum Gasteiger partial charge on any atom is 0.317 e. The van der Waals surface area contributed by atoms with Gasteiger partial charge in [0.2, 0.25) is 6.21 Å². The molecule has 3 N–H and O–H groups in total. The number of amides is 1. The molecule has 2 aliphatic rings. The van der Waals surface area contributed by atoms with E-state index in [-0.39, 0.29) is 11.4 Å². The molecule has 0 aromatic heterocycles. The Morgan fingerprint density at radius 3 is 2.09 bits per heavy atom. The molecular formula is C24H36F2N3O3+. The molecular weight excluding hydrogens is 416 g/mol. The standard InChI is InChI=1S/C13H13F2N3O2.C5H10O.C2H6.C2H4.C2H2/c1-20-12(11-7-18(11)3-2-16)13(19)17-10-5-8(14)4-9(15)6-10;1-6-4-5-2-3-5;3*1-2/h4-7H,2-3,16H2,1H3;5H,2-4H2,1H3;1-2H3;1-2H2;1-2H/p+1/b12-11-;;;;. The van der Waals surface area contributed by atoms with Gasteiger partial charge in [-0.05, 0) is 30.9 Å². The first-order chi connectivity index (χ1) is 15.5. The van der Waals surface area contributed by atoms with Crippen molar-refractivity contribution in [3.05, 3.63) is 54.4 Å². The van der Waals surface area contributed by atoms with Crippen LogP contribution < -0.4 is 11.1 Å². The molecule has 0 bridgehead atoms. The van der Waals surface area contributed by atoms with Gasteiger partial charge >= 0.3 is 5.70 Å². The molecule has 3 rings (SSSR count). The molecule has 178 valence electrons. The molecule has 1 amide bonds. The Bertz CT molecular complexity index is 753. The largest absolute Gasteiger partial charge is 0.486 e. The van der Waals surface area contributed by atoms with Crippen LogP contribution in [0.3, 0.4) is 0 Å². The van der Waals surface area contributed by atoms with E-state index >= 15 is 0 Å². The van der Waals surface area contributed by atoms with Crippen LogP contribution in [0, 0.1) is 30.4 Å². The summed E-state index contributed by atoms with van der Waals surface area (Å²) in [5.74, 6) is -1.12. The Balaban J connectivity index is 0. The summed E-state index contributed by atoms with van der Waals surface area (Å²) in [6.45, 7) is 12.0. The molecule has 0 radical (unpaired) electrons. The average molecular weight is 453 g/mol. The van der Waals surface area contributed by atoms with Crippen LogP contribution in [0.15, 0.2) is 42.8 Å². The van der Waals surface area contributed by atoms with Crippen LogP contribution >= 0.6 is 0 Å². The second-order valence-electron chi connectivity index (χ2n) is 6.04. The highest BCUT2D eigenvalue weighted by molar-refractivity contribution is 6.06. The van der Waals surface area contributed by atoms with Crippen molar-refractivity contribution in [2.24, 2.45) is 11.7 Å². The number of rotatable bonds is 7. The number of nitrogens with two attached hydrogens (primary N) is 1.